The summed E-state index contributed by atoms with van der Waals surface area (Å²) in [5.74, 6) is -1.09. The van der Waals surface area contributed by atoms with Gasteiger partial charge in [0.2, 0.25) is 0 Å². The Labute approximate surface area is 123 Å². The van der Waals surface area contributed by atoms with Gasteiger partial charge in [-0.15, -0.1) is 11.3 Å². The third-order valence-corrected chi connectivity index (χ3v) is 4.27. The maximum atomic E-state index is 11.8. The molecular formula is C12H14N2O4S2. The smallest absolute Gasteiger partial charge is 0.412 e. The van der Waals surface area contributed by atoms with Crippen LogP contribution in [0, 0.1) is 6.92 Å². The molecular weight excluding hydrogens is 300 g/mol. The summed E-state index contributed by atoms with van der Waals surface area (Å²) in [7, 11) is 0. The lowest BCUT2D eigenvalue weighted by Crippen LogP contribution is -2.27. The Morgan fingerprint density at radius 1 is 1.35 bits per heavy atom. The summed E-state index contributed by atoms with van der Waals surface area (Å²) in [5.41, 5.74) is -0.386. The quantitative estimate of drug-likeness (QED) is 0.882. The van der Waals surface area contributed by atoms with Gasteiger partial charge in [-0.2, -0.15) is 4.37 Å². The highest BCUT2D eigenvalue weighted by atomic mass is 32.1. The number of hydrogen-bond acceptors (Lipinski definition) is 6. The normalized spacial score (nSPS) is 11.6. The number of aryl methyl sites for hydroxylation is 1. The standard InChI is InChI=1S/C12H14N2O4S2/c1-5-6-7(13-11(17)18-12(2,3)4)8(10(15)16)19-9(6)14-20-5/h1-4H3,(H,13,17)(H,15,16). The van der Waals surface area contributed by atoms with Crippen molar-refractivity contribution in [2.75, 3.05) is 5.32 Å². The second-order valence-corrected chi connectivity index (χ2v) is 7.13. The van der Waals surface area contributed by atoms with Crippen LogP contribution < -0.4 is 5.32 Å². The van der Waals surface area contributed by atoms with Crippen LogP contribution in [0.2, 0.25) is 0 Å². The third-order valence-electron chi connectivity index (χ3n) is 2.33. The van der Waals surface area contributed by atoms with Gasteiger partial charge in [0.15, 0.2) is 0 Å². The van der Waals surface area contributed by atoms with E-state index in [1.54, 1.807) is 20.8 Å². The van der Waals surface area contributed by atoms with Crippen LogP contribution in [0.25, 0.3) is 10.2 Å². The highest BCUT2D eigenvalue weighted by molar-refractivity contribution is 7.23. The molecule has 0 fully saturated rings. The second kappa shape index (κ2) is 5.02. The molecule has 2 rings (SSSR count). The number of nitrogens with one attached hydrogen (secondary N) is 1. The van der Waals surface area contributed by atoms with Crippen LogP contribution in [-0.2, 0) is 4.74 Å². The topological polar surface area (TPSA) is 88.5 Å². The predicted molar refractivity (Wildman–Crippen MR) is 79.1 cm³/mol. The number of carboxylic acids is 1. The number of aromatic carboxylic acids is 1. The van der Waals surface area contributed by atoms with Gasteiger partial charge in [-0.1, -0.05) is 0 Å². The van der Waals surface area contributed by atoms with Crippen molar-refractivity contribution in [1.82, 2.24) is 4.37 Å². The Kier molecular flexibility index (Phi) is 3.70. The van der Waals surface area contributed by atoms with E-state index in [1.807, 2.05) is 6.92 Å². The number of carboxylic acid groups (broad SMARTS) is 1. The summed E-state index contributed by atoms with van der Waals surface area (Å²) < 4.78 is 9.32. The molecule has 108 valence electrons. The average Bonchev–Trinajstić information content (AvgIpc) is 2.78. The summed E-state index contributed by atoms with van der Waals surface area (Å²) >= 11 is 2.32. The number of carbonyl (C=O) groups is 2. The van der Waals surface area contributed by atoms with Gasteiger partial charge in [-0.3, -0.25) is 5.32 Å². The van der Waals surface area contributed by atoms with E-state index in [0.29, 0.717) is 10.2 Å². The van der Waals surface area contributed by atoms with Gasteiger partial charge < -0.3 is 9.84 Å². The number of amides is 1. The van der Waals surface area contributed by atoms with E-state index in [-0.39, 0.29) is 10.6 Å². The molecule has 2 aromatic rings. The molecule has 0 bridgehead atoms. The zero-order valence-corrected chi connectivity index (χ0v) is 13.1. The van der Waals surface area contributed by atoms with Crippen molar-refractivity contribution in [3.63, 3.8) is 0 Å². The van der Waals surface area contributed by atoms with Crippen molar-refractivity contribution in [2.24, 2.45) is 0 Å². The number of aromatic nitrogens is 1. The molecule has 0 radical (unpaired) electrons. The number of thiophene rings is 1. The maximum absolute atomic E-state index is 11.8. The zero-order chi connectivity index (χ0) is 15.1. The minimum atomic E-state index is -1.09. The Balaban J connectivity index is 2.41. The molecule has 2 aromatic heterocycles. The number of fused-ring (bicyclic) bond motifs is 1. The van der Waals surface area contributed by atoms with Gasteiger partial charge in [0.25, 0.3) is 0 Å². The zero-order valence-electron chi connectivity index (χ0n) is 11.4. The van der Waals surface area contributed by atoms with E-state index in [2.05, 4.69) is 9.69 Å². The molecule has 2 heterocycles. The molecule has 20 heavy (non-hydrogen) atoms. The van der Waals surface area contributed by atoms with E-state index < -0.39 is 17.7 Å². The van der Waals surface area contributed by atoms with Gasteiger partial charge in [0.05, 0.1) is 11.1 Å². The number of ether oxygens (including phenoxy) is 1. The second-order valence-electron chi connectivity index (χ2n) is 5.16. The lowest BCUT2D eigenvalue weighted by atomic mass is 10.2. The van der Waals surface area contributed by atoms with Crippen LogP contribution in [0.3, 0.4) is 0 Å². The third kappa shape index (κ3) is 2.91. The maximum Gasteiger partial charge on any atom is 0.412 e. The van der Waals surface area contributed by atoms with Gasteiger partial charge in [0, 0.05) is 4.88 Å². The van der Waals surface area contributed by atoms with E-state index in [4.69, 9.17) is 4.74 Å². The van der Waals surface area contributed by atoms with E-state index >= 15 is 0 Å². The molecule has 0 aliphatic heterocycles. The SMILES string of the molecule is Cc1snc2sc(C(=O)O)c(NC(=O)OC(C)(C)C)c12. The minimum Gasteiger partial charge on any atom is -0.477 e. The molecule has 2 N–H and O–H groups in total. The lowest BCUT2D eigenvalue weighted by Gasteiger charge is -2.19. The van der Waals surface area contributed by atoms with Crippen molar-refractivity contribution in [2.45, 2.75) is 33.3 Å². The van der Waals surface area contributed by atoms with Gasteiger partial charge >= 0.3 is 12.1 Å². The monoisotopic (exact) mass is 314 g/mol. The largest absolute Gasteiger partial charge is 0.477 e. The van der Waals surface area contributed by atoms with Gasteiger partial charge in [-0.05, 0) is 39.2 Å². The molecule has 0 spiro atoms. The van der Waals surface area contributed by atoms with Crippen LogP contribution in [0.4, 0.5) is 10.5 Å². The first kappa shape index (κ1) is 14.7. The fourth-order valence-electron chi connectivity index (χ4n) is 1.64. The summed E-state index contributed by atoms with van der Waals surface area (Å²) in [6, 6.07) is 0. The summed E-state index contributed by atoms with van der Waals surface area (Å²) in [6.45, 7) is 7.06. The van der Waals surface area contributed by atoms with Crippen LogP contribution in [0.15, 0.2) is 0 Å². The molecule has 0 saturated carbocycles. The number of nitrogens with zero attached hydrogens (tertiary/aromatic N) is 1. The lowest BCUT2D eigenvalue weighted by molar-refractivity contribution is 0.0636. The number of hydrogen-bond donors (Lipinski definition) is 2. The van der Waals surface area contributed by atoms with Crippen molar-refractivity contribution < 1.29 is 19.4 Å². The highest BCUT2D eigenvalue weighted by Crippen LogP contribution is 2.39. The molecule has 0 unspecified atom stereocenters. The fraction of sp³-hybridized carbons (Fsp3) is 0.417. The first-order chi connectivity index (χ1) is 9.19. The van der Waals surface area contributed by atoms with Crippen molar-refractivity contribution in [3.8, 4) is 0 Å². The number of rotatable bonds is 2. The molecule has 0 aromatic carbocycles. The van der Waals surface area contributed by atoms with Gasteiger partial charge in [-0.25, -0.2) is 9.59 Å². The molecule has 8 heteroatoms. The predicted octanol–water partition coefficient (Wildman–Crippen LogP) is 3.71. The number of anilines is 1. The van der Waals surface area contributed by atoms with Crippen molar-refractivity contribution >= 4 is 50.8 Å². The first-order valence-corrected chi connectivity index (χ1v) is 7.40. The summed E-state index contributed by atoms with van der Waals surface area (Å²) in [6.07, 6.45) is -0.676. The Hall–Kier alpha value is -1.67. The summed E-state index contributed by atoms with van der Waals surface area (Å²) in [4.78, 5) is 24.6. The van der Waals surface area contributed by atoms with E-state index in [0.717, 1.165) is 16.2 Å². The molecule has 0 aliphatic carbocycles. The number of carbonyl (C=O) groups excluding carboxylic acids is 1. The Morgan fingerprint density at radius 3 is 2.55 bits per heavy atom. The van der Waals surface area contributed by atoms with E-state index in [1.165, 1.54) is 11.5 Å². The van der Waals surface area contributed by atoms with E-state index in [9.17, 15) is 14.7 Å². The summed E-state index contributed by atoms with van der Waals surface area (Å²) in [5, 5.41) is 12.4. The Morgan fingerprint density at radius 2 is 2.00 bits per heavy atom. The minimum absolute atomic E-state index is 0.0595. The molecule has 0 atom stereocenters. The van der Waals surface area contributed by atoms with Crippen LogP contribution >= 0.6 is 22.9 Å². The van der Waals surface area contributed by atoms with Gasteiger partial charge in [0.1, 0.15) is 15.3 Å². The van der Waals surface area contributed by atoms with Crippen LogP contribution in [0.5, 0.6) is 0 Å². The molecule has 0 aliphatic rings. The Bertz CT molecular complexity index is 681. The molecule has 0 saturated heterocycles. The average molecular weight is 314 g/mol. The van der Waals surface area contributed by atoms with Crippen LogP contribution in [-0.4, -0.2) is 27.1 Å². The fourth-order valence-corrected chi connectivity index (χ4v) is 3.46. The van der Waals surface area contributed by atoms with Crippen molar-refractivity contribution in [3.05, 3.63) is 9.75 Å². The van der Waals surface area contributed by atoms with Crippen LogP contribution in [0.1, 0.15) is 35.3 Å². The highest BCUT2D eigenvalue weighted by Gasteiger charge is 2.25. The van der Waals surface area contributed by atoms with Crippen molar-refractivity contribution in [1.29, 1.82) is 0 Å². The molecule has 1 amide bonds. The first-order valence-electron chi connectivity index (χ1n) is 5.81. The molecule has 6 nitrogen and oxygen atoms in total.